The van der Waals surface area contributed by atoms with Gasteiger partial charge in [-0.2, -0.15) is 0 Å². The minimum absolute atomic E-state index is 0.759. The van der Waals surface area contributed by atoms with E-state index < -0.39 is 0 Å². The van der Waals surface area contributed by atoms with Gasteiger partial charge < -0.3 is 15.5 Å². The highest BCUT2D eigenvalue weighted by Crippen LogP contribution is 2.21. The summed E-state index contributed by atoms with van der Waals surface area (Å²) in [5, 5.41) is 6.77. The van der Waals surface area contributed by atoms with Crippen molar-refractivity contribution in [3.05, 3.63) is 11.9 Å². The molecule has 0 amide bonds. The van der Waals surface area contributed by atoms with Crippen LogP contribution < -0.4 is 10.6 Å². The largest absolute Gasteiger partial charge is 0.370 e. The van der Waals surface area contributed by atoms with Crippen molar-refractivity contribution in [1.29, 1.82) is 0 Å². The summed E-state index contributed by atoms with van der Waals surface area (Å²) >= 11 is 0. The number of anilines is 2. The van der Waals surface area contributed by atoms with Gasteiger partial charge in [-0.1, -0.05) is 6.92 Å². The van der Waals surface area contributed by atoms with Crippen molar-refractivity contribution < 1.29 is 0 Å². The molecule has 0 aliphatic carbocycles. The molecule has 1 saturated heterocycles. The molecule has 0 unspecified atom stereocenters. The Labute approximate surface area is 122 Å². The van der Waals surface area contributed by atoms with E-state index in [1.807, 2.05) is 0 Å². The van der Waals surface area contributed by atoms with Crippen molar-refractivity contribution in [2.45, 2.75) is 33.6 Å². The average Bonchev–Trinajstić information content (AvgIpc) is 2.49. The summed E-state index contributed by atoms with van der Waals surface area (Å²) in [6, 6.07) is 0. The lowest BCUT2D eigenvalue weighted by Crippen LogP contribution is -2.35. The molecular formula is C15H27N5. The molecule has 2 N–H and O–H groups in total. The molecule has 5 nitrogen and oxygen atoms in total. The van der Waals surface area contributed by atoms with Crippen LogP contribution in [0.15, 0.2) is 6.33 Å². The first-order chi connectivity index (χ1) is 9.74. The first-order valence-electron chi connectivity index (χ1n) is 7.76. The van der Waals surface area contributed by atoms with Gasteiger partial charge in [0.05, 0.1) is 0 Å². The van der Waals surface area contributed by atoms with Gasteiger partial charge in [0.25, 0.3) is 0 Å². The molecule has 0 atom stereocenters. The van der Waals surface area contributed by atoms with Gasteiger partial charge in [-0.3, -0.25) is 0 Å². The summed E-state index contributed by atoms with van der Waals surface area (Å²) in [5.41, 5.74) is 1.11. The van der Waals surface area contributed by atoms with Gasteiger partial charge in [0.2, 0.25) is 0 Å². The van der Waals surface area contributed by atoms with Crippen LogP contribution in [0.2, 0.25) is 0 Å². The smallest absolute Gasteiger partial charge is 0.134 e. The molecule has 1 aromatic heterocycles. The Balaban J connectivity index is 1.86. The predicted molar refractivity (Wildman–Crippen MR) is 84.3 cm³/mol. The minimum Gasteiger partial charge on any atom is -0.370 e. The summed E-state index contributed by atoms with van der Waals surface area (Å²) in [7, 11) is 0. The van der Waals surface area contributed by atoms with Crippen LogP contribution in [0.3, 0.4) is 0 Å². The molecule has 0 aromatic carbocycles. The number of nitrogens with one attached hydrogen (secondary N) is 2. The van der Waals surface area contributed by atoms with Crippen LogP contribution in [0.25, 0.3) is 0 Å². The molecule has 112 valence electrons. The average molecular weight is 277 g/mol. The Morgan fingerprint density at radius 2 is 1.80 bits per heavy atom. The molecule has 1 fully saturated rings. The molecule has 2 heterocycles. The zero-order valence-electron chi connectivity index (χ0n) is 12.9. The van der Waals surface area contributed by atoms with Crippen LogP contribution in [0.5, 0.6) is 0 Å². The van der Waals surface area contributed by atoms with E-state index in [4.69, 9.17) is 0 Å². The van der Waals surface area contributed by atoms with E-state index in [1.165, 1.54) is 32.5 Å². The van der Waals surface area contributed by atoms with E-state index in [9.17, 15) is 0 Å². The number of hydrogen-bond acceptors (Lipinski definition) is 5. The quantitative estimate of drug-likeness (QED) is 0.836. The number of hydrogen-bond donors (Lipinski definition) is 2. The first-order valence-corrected chi connectivity index (χ1v) is 7.76. The van der Waals surface area contributed by atoms with Crippen LogP contribution >= 0.6 is 0 Å². The zero-order chi connectivity index (χ0) is 14.4. The first kappa shape index (κ1) is 15.0. The van der Waals surface area contributed by atoms with Crippen LogP contribution in [0.1, 0.15) is 32.3 Å². The molecule has 5 heteroatoms. The van der Waals surface area contributed by atoms with Crippen molar-refractivity contribution in [3.8, 4) is 0 Å². The highest BCUT2D eigenvalue weighted by Gasteiger charge is 2.18. The Bertz CT molecular complexity index is 413. The normalized spacial score (nSPS) is 17.1. The van der Waals surface area contributed by atoms with E-state index in [2.05, 4.69) is 46.3 Å². The third-order valence-electron chi connectivity index (χ3n) is 4.14. The van der Waals surface area contributed by atoms with Gasteiger partial charge in [-0.15, -0.1) is 0 Å². The second-order valence-corrected chi connectivity index (χ2v) is 5.48. The van der Waals surface area contributed by atoms with E-state index in [0.717, 1.165) is 36.2 Å². The molecule has 0 saturated carbocycles. The minimum atomic E-state index is 0.759. The summed E-state index contributed by atoms with van der Waals surface area (Å²) in [4.78, 5) is 11.2. The maximum Gasteiger partial charge on any atom is 0.134 e. The predicted octanol–water partition coefficient (Wildman–Crippen LogP) is 2.36. The van der Waals surface area contributed by atoms with Gasteiger partial charge in [0.15, 0.2) is 0 Å². The zero-order valence-corrected chi connectivity index (χ0v) is 12.9. The molecule has 2 rings (SSSR count). The lowest BCUT2D eigenvalue weighted by molar-refractivity contribution is 0.198. The van der Waals surface area contributed by atoms with E-state index in [0.29, 0.717) is 0 Å². The lowest BCUT2D eigenvalue weighted by atomic mass is 9.97. The summed E-state index contributed by atoms with van der Waals surface area (Å²) in [5.74, 6) is 2.66. The van der Waals surface area contributed by atoms with Gasteiger partial charge in [-0.25, -0.2) is 9.97 Å². The monoisotopic (exact) mass is 277 g/mol. The van der Waals surface area contributed by atoms with Crippen LogP contribution in [0, 0.1) is 12.8 Å². The topological polar surface area (TPSA) is 53.1 Å². The van der Waals surface area contributed by atoms with Gasteiger partial charge in [0.1, 0.15) is 18.0 Å². The van der Waals surface area contributed by atoms with Gasteiger partial charge in [-0.05, 0) is 52.2 Å². The molecule has 1 aliphatic heterocycles. The third kappa shape index (κ3) is 3.82. The fraction of sp³-hybridized carbons (Fsp3) is 0.733. The second kappa shape index (κ2) is 7.43. The van der Waals surface area contributed by atoms with Crippen LogP contribution in [-0.2, 0) is 0 Å². The highest BCUT2D eigenvalue weighted by atomic mass is 15.1. The molecule has 1 aliphatic rings. The number of likely N-dealkylation sites (tertiary alicyclic amines) is 1. The molecule has 0 bridgehead atoms. The molecular weight excluding hydrogens is 250 g/mol. The van der Waals surface area contributed by atoms with Crippen molar-refractivity contribution in [2.75, 3.05) is 43.4 Å². The Kier molecular flexibility index (Phi) is 5.59. The van der Waals surface area contributed by atoms with E-state index >= 15 is 0 Å². The highest BCUT2D eigenvalue weighted by molar-refractivity contribution is 5.56. The fourth-order valence-corrected chi connectivity index (χ4v) is 2.72. The Morgan fingerprint density at radius 3 is 2.40 bits per heavy atom. The van der Waals surface area contributed by atoms with Gasteiger partial charge in [0, 0.05) is 18.7 Å². The van der Waals surface area contributed by atoms with Crippen molar-refractivity contribution in [3.63, 3.8) is 0 Å². The maximum absolute atomic E-state index is 4.36. The SMILES string of the molecule is CCNc1ncnc(NCC2CCN(CC)CC2)c1C. The third-order valence-corrected chi connectivity index (χ3v) is 4.14. The molecule has 0 spiro atoms. The lowest BCUT2D eigenvalue weighted by Gasteiger charge is -2.31. The van der Waals surface area contributed by atoms with Gasteiger partial charge >= 0.3 is 0 Å². The maximum atomic E-state index is 4.36. The standard InChI is InChI=1S/C15H27N5/c1-4-16-14-12(3)15(19-11-18-14)17-10-13-6-8-20(5-2)9-7-13/h11,13H,4-10H2,1-3H3,(H2,16,17,18,19). The molecule has 1 aromatic rings. The van der Waals surface area contributed by atoms with E-state index in [-0.39, 0.29) is 0 Å². The summed E-state index contributed by atoms with van der Waals surface area (Å²) < 4.78 is 0. The summed E-state index contributed by atoms with van der Waals surface area (Å²) in [6.07, 6.45) is 4.20. The summed E-state index contributed by atoms with van der Waals surface area (Å²) in [6.45, 7) is 11.9. The van der Waals surface area contributed by atoms with Crippen molar-refractivity contribution >= 4 is 11.6 Å². The number of nitrogens with zero attached hydrogens (tertiary/aromatic N) is 3. The fourth-order valence-electron chi connectivity index (χ4n) is 2.72. The number of aromatic nitrogens is 2. The number of piperidine rings is 1. The number of rotatable bonds is 6. The van der Waals surface area contributed by atoms with E-state index in [1.54, 1.807) is 6.33 Å². The Hall–Kier alpha value is -1.36. The van der Waals surface area contributed by atoms with Crippen molar-refractivity contribution in [2.24, 2.45) is 5.92 Å². The van der Waals surface area contributed by atoms with Crippen molar-refractivity contribution in [1.82, 2.24) is 14.9 Å². The Morgan fingerprint density at radius 1 is 1.15 bits per heavy atom. The molecule has 0 radical (unpaired) electrons. The second-order valence-electron chi connectivity index (χ2n) is 5.48. The van der Waals surface area contributed by atoms with Crippen LogP contribution in [-0.4, -0.2) is 47.6 Å². The van der Waals surface area contributed by atoms with Crippen LogP contribution in [0.4, 0.5) is 11.6 Å². The molecule has 20 heavy (non-hydrogen) atoms.